The van der Waals surface area contributed by atoms with Crippen molar-refractivity contribution in [1.29, 1.82) is 0 Å². The Bertz CT molecular complexity index is 1750. The van der Waals surface area contributed by atoms with E-state index in [2.05, 4.69) is 15.3 Å². The van der Waals surface area contributed by atoms with E-state index in [1.165, 1.54) is 7.11 Å². The third kappa shape index (κ3) is 5.78. The van der Waals surface area contributed by atoms with E-state index in [1.807, 2.05) is 46.1 Å². The van der Waals surface area contributed by atoms with E-state index in [4.69, 9.17) is 40.8 Å². The van der Waals surface area contributed by atoms with Gasteiger partial charge >= 0.3 is 6.09 Å². The summed E-state index contributed by atoms with van der Waals surface area (Å²) in [6, 6.07) is 3.62. The lowest BCUT2D eigenvalue weighted by Gasteiger charge is -2.29. The lowest BCUT2D eigenvalue weighted by atomic mass is 9.95. The molecule has 5 atom stereocenters. The van der Waals surface area contributed by atoms with E-state index in [0.717, 1.165) is 53.7 Å². The molecule has 1 saturated carbocycles. The molecule has 1 amide bonds. The van der Waals surface area contributed by atoms with Gasteiger partial charge in [-0.3, -0.25) is 14.5 Å². The second-order valence-electron chi connectivity index (χ2n) is 14.2. The van der Waals surface area contributed by atoms with Crippen molar-refractivity contribution < 1.29 is 23.8 Å². The lowest BCUT2D eigenvalue weighted by molar-refractivity contribution is -0.128. The zero-order valence-electron chi connectivity index (χ0n) is 27.6. The third-order valence-electron chi connectivity index (χ3n) is 9.99. The predicted octanol–water partition coefficient (Wildman–Crippen LogP) is 4.66. The monoisotopic (exact) mass is 663 g/mol. The number of piperidine rings is 1. The van der Waals surface area contributed by atoms with Gasteiger partial charge in [-0.1, -0.05) is 11.6 Å². The van der Waals surface area contributed by atoms with Crippen LogP contribution in [0.3, 0.4) is 0 Å². The zero-order chi connectivity index (χ0) is 33.1. The number of halogens is 1. The second-order valence-corrected chi connectivity index (χ2v) is 14.5. The van der Waals surface area contributed by atoms with Gasteiger partial charge in [0.05, 0.1) is 39.7 Å². The minimum absolute atomic E-state index is 0.00176. The van der Waals surface area contributed by atoms with Gasteiger partial charge in [-0.25, -0.2) is 14.8 Å². The number of aliphatic imine (C=N–C) groups is 1. The normalized spacial score (nSPS) is 26.9. The molecule has 12 nitrogen and oxygen atoms in total. The summed E-state index contributed by atoms with van der Waals surface area (Å²) >= 11 is 6.97. The molecule has 1 aliphatic carbocycles. The van der Waals surface area contributed by atoms with Gasteiger partial charge in [-0.2, -0.15) is 5.10 Å². The van der Waals surface area contributed by atoms with E-state index in [-0.39, 0.29) is 42.9 Å². The van der Waals surface area contributed by atoms with Crippen molar-refractivity contribution in [1.82, 2.24) is 25.1 Å². The molecule has 0 radical (unpaired) electrons. The van der Waals surface area contributed by atoms with Gasteiger partial charge in [0.2, 0.25) is 0 Å². The summed E-state index contributed by atoms with van der Waals surface area (Å²) in [5, 5.41) is 8.82. The summed E-state index contributed by atoms with van der Waals surface area (Å²) in [5.74, 6) is 0.927. The number of anilines is 1. The molecule has 3 aliphatic heterocycles. The van der Waals surface area contributed by atoms with Crippen LogP contribution < -0.4 is 10.2 Å². The molecule has 0 bridgehead atoms. The maximum Gasteiger partial charge on any atom is 0.407 e. The number of rotatable bonds is 8. The van der Waals surface area contributed by atoms with E-state index in [1.54, 1.807) is 10.9 Å². The highest BCUT2D eigenvalue weighted by Gasteiger charge is 2.69. The first-order valence-corrected chi connectivity index (χ1v) is 16.8. The summed E-state index contributed by atoms with van der Waals surface area (Å²) in [7, 11) is 3.40. The standard InChI is InChI=1S/C34H42ClN7O5/c1-33(2,3)47-32(44)37-18-34(25(43)17-45-5)21-11-12-42(16-22(21)34)26-14-36-30-28(19-9-10-23-20(27(19)35)15-41(4)40-23)39-29(31(30)38-26)24-8-6-7-13-46-24/h9-10,14-15,21-22,24,29H,6-8,11-13,16-18H2,1-5H3,(H,37,44). The number of amides is 1. The molecule has 3 fully saturated rings. The first-order valence-electron chi connectivity index (χ1n) is 16.4. The Hall–Kier alpha value is -3.61. The number of fused-ring (bicyclic) bond motifs is 3. The Morgan fingerprint density at radius 3 is 2.77 bits per heavy atom. The van der Waals surface area contributed by atoms with Gasteiger partial charge in [0.25, 0.3) is 0 Å². The number of methoxy groups -OCH3 is 1. The molecule has 47 heavy (non-hydrogen) atoms. The quantitative estimate of drug-likeness (QED) is 0.365. The molecule has 4 aliphatic rings. The first kappa shape index (κ1) is 32.0. The van der Waals surface area contributed by atoms with Crippen LogP contribution >= 0.6 is 11.6 Å². The largest absolute Gasteiger partial charge is 0.444 e. The highest BCUT2D eigenvalue weighted by Crippen LogP contribution is 2.63. The first-order chi connectivity index (χ1) is 22.5. The molecule has 5 heterocycles. The van der Waals surface area contributed by atoms with Crippen LogP contribution in [0.1, 0.15) is 69.4 Å². The molecule has 250 valence electrons. The molecule has 2 saturated heterocycles. The van der Waals surface area contributed by atoms with Gasteiger partial charge in [0.1, 0.15) is 29.8 Å². The van der Waals surface area contributed by atoms with Crippen LogP contribution in [-0.2, 0) is 26.1 Å². The summed E-state index contributed by atoms with van der Waals surface area (Å²) in [5.41, 5.74) is 2.50. The molecule has 2 aromatic heterocycles. The number of benzene rings is 1. The molecule has 1 aromatic carbocycles. The van der Waals surface area contributed by atoms with Gasteiger partial charge in [-0.05, 0) is 70.4 Å². The van der Waals surface area contributed by atoms with Crippen LogP contribution in [0, 0.1) is 17.3 Å². The molecular weight excluding hydrogens is 622 g/mol. The molecule has 13 heteroatoms. The van der Waals surface area contributed by atoms with E-state index in [9.17, 15) is 9.59 Å². The summed E-state index contributed by atoms with van der Waals surface area (Å²) in [6.45, 7) is 7.69. The molecule has 1 N–H and O–H groups in total. The number of nitrogens with zero attached hydrogens (tertiary/aromatic N) is 6. The second kappa shape index (κ2) is 12.1. The number of carbonyl (C=O) groups is 2. The number of hydrogen-bond acceptors (Lipinski definition) is 10. The predicted molar refractivity (Wildman–Crippen MR) is 177 cm³/mol. The zero-order valence-corrected chi connectivity index (χ0v) is 28.3. The van der Waals surface area contributed by atoms with Gasteiger partial charge in [0, 0.05) is 57.5 Å². The summed E-state index contributed by atoms with van der Waals surface area (Å²) in [4.78, 5) is 43.6. The Morgan fingerprint density at radius 2 is 2.02 bits per heavy atom. The highest BCUT2D eigenvalue weighted by atomic mass is 35.5. The Balaban J connectivity index is 1.17. The van der Waals surface area contributed by atoms with Crippen LogP contribution in [0.4, 0.5) is 10.6 Å². The van der Waals surface area contributed by atoms with Crippen LogP contribution in [0.5, 0.6) is 0 Å². The molecular formula is C34H42ClN7O5. The van der Waals surface area contributed by atoms with Crippen LogP contribution in [0.2, 0.25) is 5.02 Å². The van der Waals surface area contributed by atoms with Crippen molar-refractivity contribution in [3.63, 3.8) is 0 Å². The summed E-state index contributed by atoms with van der Waals surface area (Å²) < 4.78 is 18.7. The Labute approximate surface area is 279 Å². The van der Waals surface area contributed by atoms with Crippen molar-refractivity contribution in [3.05, 3.63) is 46.5 Å². The number of aryl methyl sites for hydroxylation is 1. The molecule has 0 spiro atoms. The van der Waals surface area contributed by atoms with Crippen molar-refractivity contribution in [2.24, 2.45) is 29.3 Å². The number of hydrogen-bond donors (Lipinski definition) is 1. The van der Waals surface area contributed by atoms with E-state index < -0.39 is 17.1 Å². The summed E-state index contributed by atoms with van der Waals surface area (Å²) in [6.07, 6.45) is 6.87. The average Bonchev–Trinajstić information content (AvgIpc) is 3.28. The number of carbonyl (C=O) groups excluding carboxylic acids is 2. The van der Waals surface area contributed by atoms with Crippen molar-refractivity contribution in [2.45, 2.75) is 64.2 Å². The van der Waals surface area contributed by atoms with E-state index >= 15 is 0 Å². The molecule has 5 unspecified atom stereocenters. The fourth-order valence-electron chi connectivity index (χ4n) is 7.79. The minimum Gasteiger partial charge on any atom is -0.444 e. The number of nitrogens with one attached hydrogen (secondary N) is 1. The average molecular weight is 664 g/mol. The number of Topliss-reactive ketones (excluding diaryl/α,β-unsaturated/α-hetero) is 1. The number of aromatic nitrogens is 4. The maximum atomic E-state index is 13.5. The van der Waals surface area contributed by atoms with E-state index in [0.29, 0.717) is 36.1 Å². The lowest BCUT2D eigenvalue weighted by Crippen LogP contribution is -2.41. The number of ether oxygens (including phenoxy) is 3. The van der Waals surface area contributed by atoms with Crippen LogP contribution in [0.25, 0.3) is 10.9 Å². The third-order valence-corrected chi connectivity index (χ3v) is 10.4. The van der Waals surface area contributed by atoms with Crippen LogP contribution in [0.15, 0.2) is 29.5 Å². The van der Waals surface area contributed by atoms with Crippen molar-refractivity contribution in [3.8, 4) is 0 Å². The topological polar surface area (TPSA) is 133 Å². The smallest absolute Gasteiger partial charge is 0.407 e. The number of alkyl carbamates (subject to hydrolysis) is 1. The fraction of sp³-hybridized carbons (Fsp3) is 0.588. The minimum atomic E-state index is -0.706. The fourth-order valence-corrected chi connectivity index (χ4v) is 8.08. The highest BCUT2D eigenvalue weighted by molar-refractivity contribution is 6.40. The number of ketones is 1. The van der Waals surface area contributed by atoms with Crippen molar-refractivity contribution >= 4 is 45.9 Å². The van der Waals surface area contributed by atoms with Gasteiger partial charge in [0.15, 0.2) is 5.78 Å². The Kier molecular flexibility index (Phi) is 8.25. The van der Waals surface area contributed by atoms with Gasteiger partial charge in [-0.15, -0.1) is 0 Å². The van der Waals surface area contributed by atoms with Crippen LogP contribution in [-0.4, -0.2) is 89.0 Å². The maximum absolute atomic E-state index is 13.5. The Morgan fingerprint density at radius 1 is 1.19 bits per heavy atom. The molecule has 7 rings (SSSR count). The molecule has 3 aromatic rings. The van der Waals surface area contributed by atoms with Gasteiger partial charge < -0.3 is 24.4 Å². The van der Waals surface area contributed by atoms with Crippen molar-refractivity contribution in [2.75, 3.05) is 44.9 Å². The SMILES string of the molecule is COCC(=O)C1(CNC(=O)OC(C)(C)C)C2CCN(c3cnc4c(n3)C(C3CCCCO3)N=C4c3ccc4nn(C)cc4c3Cl)CC21.